The lowest BCUT2D eigenvalue weighted by molar-refractivity contribution is -0.111. The largest absolute Gasteiger partial charge is 0.336 e. The van der Waals surface area contributed by atoms with Crippen LogP contribution in [0.4, 0.5) is 16.2 Å². The molecular formula is C21H28ClN5O2. The number of benzene rings is 1. The van der Waals surface area contributed by atoms with Crippen LogP contribution in [0.25, 0.3) is 6.08 Å². The van der Waals surface area contributed by atoms with Crippen LogP contribution in [0.2, 0.25) is 5.15 Å². The number of hydrogen-bond acceptors (Lipinski definition) is 3. The lowest BCUT2D eigenvalue weighted by atomic mass is 10.2. The molecule has 0 atom stereocenters. The number of nitrogens with one attached hydrogen (secondary N) is 3. The molecule has 0 aliphatic heterocycles. The quantitative estimate of drug-likeness (QED) is 0.537. The van der Waals surface area contributed by atoms with Crippen molar-refractivity contribution in [1.29, 1.82) is 0 Å². The number of unbranched alkanes of at least 4 members (excludes halogenated alkanes) is 1. The van der Waals surface area contributed by atoms with Crippen LogP contribution >= 0.6 is 11.6 Å². The second kappa shape index (κ2) is 10.7. The van der Waals surface area contributed by atoms with E-state index in [0.717, 1.165) is 30.6 Å². The van der Waals surface area contributed by atoms with Crippen LogP contribution in [0.1, 0.15) is 44.9 Å². The van der Waals surface area contributed by atoms with Crippen LogP contribution < -0.4 is 16.0 Å². The number of anilines is 2. The van der Waals surface area contributed by atoms with Crippen molar-refractivity contribution < 1.29 is 9.59 Å². The maximum Gasteiger partial charge on any atom is 0.319 e. The van der Waals surface area contributed by atoms with Crippen molar-refractivity contribution in [3.63, 3.8) is 0 Å². The minimum atomic E-state index is -0.334. The molecule has 8 heteroatoms. The molecule has 0 spiro atoms. The molecule has 3 amide bonds. The molecule has 7 nitrogen and oxygen atoms in total. The zero-order valence-corrected chi connectivity index (χ0v) is 18.0. The molecule has 1 aromatic heterocycles. The van der Waals surface area contributed by atoms with Gasteiger partial charge in [-0.25, -0.2) is 4.79 Å². The van der Waals surface area contributed by atoms with Gasteiger partial charge in [0.15, 0.2) is 0 Å². The second-order valence-electron chi connectivity index (χ2n) is 6.99. The summed E-state index contributed by atoms with van der Waals surface area (Å²) in [6.07, 6.45) is 5.10. The summed E-state index contributed by atoms with van der Waals surface area (Å²) in [5.41, 5.74) is 2.50. The Morgan fingerprint density at radius 2 is 1.86 bits per heavy atom. The van der Waals surface area contributed by atoms with Gasteiger partial charge in [-0.15, -0.1) is 0 Å². The summed E-state index contributed by atoms with van der Waals surface area (Å²) in [5.74, 6) is -0.333. The first-order valence-corrected chi connectivity index (χ1v) is 10.1. The maximum absolute atomic E-state index is 12.4. The third kappa shape index (κ3) is 6.64. The maximum atomic E-state index is 12.4. The van der Waals surface area contributed by atoms with Crippen LogP contribution in [0.5, 0.6) is 0 Å². The first kappa shape index (κ1) is 22.5. The highest BCUT2D eigenvalue weighted by Crippen LogP contribution is 2.23. The number of amides is 3. The first-order valence-electron chi connectivity index (χ1n) is 9.70. The van der Waals surface area contributed by atoms with Crippen molar-refractivity contribution in [2.24, 2.45) is 0 Å². The highest BCUT2D eigenvalue weighted by Gasteiger charge is 2.12. The molecule has 0 saturated carbocycles. The summed E-state index contributed by atoms with van der Waals surface area (Å²) in [7, 11) is 0. The lowest BCUT2D eigenvalue weighted by Gasteiger charge is -2.13. The Labute approximate surface area is 176 Å². The van der Waals surface area contributed by atoms with Crippen molar-refractivity contribution in [3.05, 3.63) is 46.8 Å². The molecule has 2 rings (SSSR count). The summed E-state index contributed by atoms with van der Waals surface area (Å²) < 4.78 is 1.75. The Balaban J connectivity index is 2.08. The Kier molecular flexibility index (Phi) is 8.27. The molecule has 156 valence electrons. The molecule has 0 saturated heterocycles. The summed E-state index contributed by atoms with van der Waals surface area (Å²) in [6.45, 7) is 8.45. The van der Waals surface area contributed by atoms with Crippen molar-refractivity contribution >= 4 is 41.0 Å². The van der Waals surface area contributed by atoms with E-state index in [1.165, 1.54) is 6.08 Å². The second-order valence-corrected chi connectivity index (χ2v) is 7.35. The summed E-state index contributed by atoms with van der Waals surface area (Å²) in [4.78, 5) is 24.4. The van der Waals surface area contributed by atoms with Crippen LogP contribution in [-0.4, -0.2) is 27.8 Å². The van der Waals surface area contributed by atoms with Crippen molar-refractivity contribution in [2.45, 2.75) is 53.1 Å². The number of carbonyl (C=O) groups is 2. The molecule has 1 aromatic carbocycles. The first-order chi connectivity index (χ1) is 13.8. The fraction of sp³-hybridized carbons (Fsp3) is 0.381. The Morgan fingerprint density at radius 3 is 2.48 bits per heavy atom. The number of rotatable bonds is 8. The number of hydrogen-bond donors (Lipinski definition) is 3. The normalized spacial score (nSPS) is 11.1. The van der Waals surface area contributed by atoms with Gasteiger partial charge in [-0.3, -0.25) is 9.48 Å². The zero-order valence-electron chi connectivity index (χ0n) is 17.3. The SMILES string of the molecule is CCCCn1nc(C)c(/C=C/C(=O)Nc2ccccc2NC(=O)NC(C)C)c1Cl. The molecule has 0 unspecified atom stereocenters. The van der Waals surface area contributed by atoms with Gasteiger partial charge in [0.25, 0.3) is 0 Å². The van der Waals surface area contributed by atoms with E-state index in [1.807, 2.05) is 20.8 Å². The highest BCUT2D eigenvalue weighted by molar-refractivity contribution is 6.31. The summed E-state index contributed by atoms with van der Waals surface area (Å²) in [5, 5.41) is 13.2. The van der Waals surface area contributed by atoms with E-state index in [-0.39, 0.29) is 18.0 Å². The number of urea groups is 1. The van der Waals surface area contributed by atoms with Gasteiger partial charge >= 0.3 is 6.03 Å². The Hall–Kier alpha value is -2.80. The molecule has 0 aliphatic rings. The molecule has 0 bridgehead atoms. The van der Waals surface area contributed by atoms with Crippen LogP contribution in [0.15, 0.2) is 30.3 Å². The van der Waals surface area contributed by atoms with E-state index in [1.54, 1.807) is 35.0 Å². The molecule has 1 heterocycles. The lowest BCUT2D eigenvalue weighted by Crippen LogP contribution is -2.34. The molecule has 0 aliphatic carbocycles. The van der Waals surface area contributed by atoms with Crippen molar-refractivity contribution in [2.75, 3.05) is 10.6 Å². The van der Waals surface area contributed by atoms with E-state index in [9.17, 15) is 9.59 Å². The monoisotopic (exact) mass is 417 g/mol. The van der Waals surface area contributed by atoms with E-state index in [4.69, 9.17) is 11.6 Å². The number of para-hydroxylation sites is 2. The topological polar surface area (TPSA) is 88.1 Å². The van der Waals surface area contributed by atoms with E-state index in [0.29, 0.717) is 16.5 Å². The number of halogens is 1. The van der Waals surface area contributed by atoms with Gasteiger partial charge in [-0.2, -0.15) is 5.10 Å². The average molecular weight is 418 g/mol. The number of carbonyl (C=O) groups excluding carboxylic acids is 2. The summed E-state index contributed by atoms with van der Waals surface area (Å²) >= 11 is 6.40. The van der Waals surface area contributed by atoms with Crippen LogP contribution in [-0.2, 0) is 11.3 Å². The van der Waals surface area contributed by atoms with E-state index >= 15 is 0 Å². The fourth-order valence-corrected chi connectivity index (χ4v) is 2.99. The standard InChI is InChI=1S/C21H28ClN5O2/c1-5-6-13-27-20(22)16(15(4)26-27)11-12-19(28)24-17-9-7-8-10-18(17)25-21(29)23-14(2)3/h7-12,14H,5-6,13H2,1-4H3,(H,24,28)(H2,23,25,29)/b12-11+. The number of nitrogens with zero attached hydrogens (tertiary/aromatic N) is 2. The minimum absolute atomic E-state index is 0.00548. The average Bonchev–Trinajstić information content (AvgIpc) is 2.92. The Bertz CT molecular complexity index is 889. The van der Waals surface area contributed by atoms with Crippen LogP contribution in [0, 0.1) is 6.92 Å². The van der Waals surface area contributed by atoms with Gasteiger partial charge in [-0.05, 0) is 45.4 Å². The van der Waals surface area contributed by atoms with Gasteiger partial charge < -0.3 is 16.0 Å². The summed E-state index contributed by atoms with van der Waals surface area (Å²) in [6, 6.07) is 6.68. The van der Waals surface area contributed by atoms with Gasteiger partial charge in [0.05, 0.1) is 17.1 Å². The predicted molar refractivity (Wildman–Crippen MR) is 118 cm³/mol. The number of aromatic nitrogens is 2. The third-order valence-corrected chi connectivity index (χ3v) is 4.49. The van der Waals surface area contributed by atoms with Gasteiger partial charge in [0.2, 0.25) is 5.91 Å². The van der Waals surface area contributed by atoms with Crippen molar-refractivity contribution in [1.82, 2.24) is 15.1 Å². The molecule has 29 heavy (non-hydrogen) atoms. The minimum Gasteiger partial charge on any atom is -0.336 e. The fourth-order valence-electron chi connectivity index (χ4n) is 2.67. The van der Waals surface area contributed by atoms with E-state index in [2.05, 4.69) is 28.0 Å². The molecule has 0 fully saturated rings. The Morgan fingerprint density at radius 1 is 1.21 bits per heavy atom. The molecule has 0 radical (unpaired) electrons. The van der Waals surface area contributed by atoms with Crippen molar-refractivity contribution in [3.8, 4) is 0 Å². The van der Waals surface area contributed by atoms with Gasteiger partial charge in [-0.1, -0.05) is 37.1 Å². The van der Waals surface area contributed by atoms with Crippen LogP contribution in [0.3, 0.4) is 0 Å². The smallest absolute Gasteiger partial charge is 0.319 e. The van der Waals surface area contributed by atoms with Gasteiger partial charge in [0, 0.05) is 24.2 Å². The zero-order chi connectivity index (χ0) is 21.4. The highest BCUT2D eigenvalue weighted by atomic mass is 35.5. The third-order valence-electron chi connectivity index (χ3n) is 4.09. The predicted octanol–water partition coefficient (Wildman–Crippen LogP) is 4.83. The number of aryl methyl sites for hydroxylation is 2. The molecular weight excluding hydrogens is 390 g/mol. The van der Waals surface area contributed by atoms with Gasteiger partial charge in [0.1, 0.15) is 5.15 Å². The van der Waals surface area contributed by atoms with E-state index < -0.39 is 0 Å². The molecule has 3 N–H and O–H groups in total. The molecule has 2 aromatic rings.